The summed E-state index contributed by atoms with van der Waals surface area (Å²) in [6.45, 7) is 5.35. The van der Waals surface area contributed by atoms with Crippen molar-refractivity contribution in [2.75, 3.05) is 13.7 Å². The number of methoxy groups -OCH3 is 1. The summed E-state index contributed by atoms with van der Waals surface area (Å²) in [4.78, 5) is 13.1. The lowest BCUT2D eigenvalue weighted by Gasteiger charge is -2.28. The number of carbonyl (C=O) groups excluding carboxylic acids is 1. The maximum absolute atomic E-state index is 13.1. The highest BCUT2D eigenvalue weighted by Gasteiger charge is 2.29. The van der Waals surface area contributed by atoms with Gasteiger partial charge in [-0.25, -0.2) is 0 Å². The van der Waals surface area contributed by atoms with Crippen LogP contribution in [0.15, 0.2) is 36.4 Å². The molecule has 0 amide bonds. The Balaban J connectivity index is 2.00. The van der Waals surface area contributed by atoms with Crippen molar-refractivity contribution < 1.29 is 24.5 Å². The summed E-state index contributed by atoms with van der Waals surface area (Å²) in [5, 5.41) is 20.5. The average Bonchev–Trinajstić information content (AvgIpc) is 2.62. The highest BCUT2D eigenvalue weighted by atomic mass is 16.5. The van der Waals surface area contributed by atoms with Gasteiger partial charge in [-0.15, -0.1) is 0 Å². The summed E-state index contributed by atoms with van der Waals surface area (Å²) in [5.74, 6) is -0.127. The van der Waals surface area contributed by atoms with Crippen molar-refractivity contribution in [1.29, 1.82) is 0 Å². The van der Waals surface area contributed by atoms with E-state index < -0.39 is 11.5 Å². The molecule has 0 bridgehead atoms. The summed E-state index contributed by atoms with van der Waals surface area (Å²) in [6.07, 6.45) is 3.59. The Hall–Kier alpha value is -2.79. The van der Waals surface area contributed by atoms with Crippen LogP contribution in [0.4, 0.5) is 0 Å². The number of benzene rings is 2. The predicted molar refractivity (Wildman–Crippen MR) is 104 cm³/mol. The Morgan fingerprint density at radius 1 is 1.26 bits per heavy atom. The number of phenols is 1. The van der Waals surface area contributed by atoms with Crippen LogP contribution in [0.3, 0.4) is 0 Å². The summed E-state index contributed by atoms with van der Waals surface area (Å²) in [5.41, 5.74) is 1.72. The fourth-order valence-electron chi connectivity index (χ4n) is 3.22. The van der Waals surface area contributed by atoms with Crippen molar-refractivity contribution in [2.45, 2.75) is 32.3 Å². The number of phenolic OH excluding ortho intramolecular Hbond substituents is 1. The maximum Gasteiger partial charge on any atom is 0.176 e. The molecule has 0 saturated heterocycles. The van der Waals surface area contributed by atoms with Gasteiger partial charge in [0, 0.05) is 0 Å². The third kappa shape index (κ3) is 3.55. The number of carbonyl (C=O) groups is 1. The normalized spacial score (nSPS) is 15.6. The first-order chi connectivity index (χ1) is 12.8. The molecule has 27 heavy (non-hydrogen) atoms. The van der Waals surface area contributed by atoms with Crippen LogP contribution in [-0.4, -0.2) is 35.3 Å². The number of ketones is 1. The first-order valence-corrected chi connectivity index (χ1v) is 8.81. The second-order valence-corrected chi connectivity index (χ2v) is 7.24. The zero-order valence-corrected chi connectivity index (χ0v) is 15.9. The van der Waals surface area contributed by atoms with E-state index in [4.69, 9.17) is 9.47 Å². The summed E-state index contributed by atoms with van der Waals surface area (Å²) >= 11 is 0. The fraction of sp³-hybridized carbons (Fsp3) is 0.318. The molecular weight excluding hydrogens is 344 g/mol. The molecule has 1 aliphatic heterocycles. The summed E-state index contributed by atoms with van der Waals surface area (Å²) in [7, 11) is 1.56. The first-order valence-electron chi connectivity index (χ1n) is 8.81. The van der Waals surface area contributed by atoms with E-state index in [0.29, 0.717) is 22.6 Å². The molecular formula is C22H24O5. The molecule has 0 radical (unpaired) electrons. The molecule has 0 fully saturated rings. The van der Waals surface area contributed by atoms with Crippen molar-refractivity contribution in [3.05, 3.63) is 58.7 Å². The van der Waals surface area contributed by atoms with E-state index in [0.717, 1.165) is 5.56 Å². The fourth-order valence-corrected chi connectivity index (χ4v) is 3.22. The second kappa shape index (κ2) is 7.08. The first kappa shape index (κ1) is 19.0. The largest absolute Gasteiger partial charge is 0.506 e. The zero-order valence-electron chi connectivity index (χ0n) is 15.9. The van der Waals surface area contributed by atoms with Gasteiger partial charge in [-0.2, -0.15) is 0 Å². The van der Waals surface area contributed by atoms with E-state index in [1.54, 1.807) is 37.5 Å². The molecule has 5 heteroatoms. The van der Waals surface area contributed by atoms with Gasteiger partial charge >= 0.3 is 0 Å². The third-order valence-corrected chi connectivity index (χ3v) is 4.80. The van der Waals surface area contributed by atoms with Crippen LogP contribution in [0.5, 0.6) is 17.2 Å². The highest BCUT2D eigenvalue weighted by molar-refractivity contribution is 6.04. The topological polar surface area (TPSA) is 76.0 Å². The molecule has 0 saturated carbocycles. The number of hydrogen-bond donors (Lipinski definition) is 2. The van der Waals surface area contributed by atoms with Crippen LogP contribution in [0.25, 0.3) is 6.08 Å². The van der Waals surface area contributed by atoms with Crippen molar-refractivity contribution in [3.63, 3.8) is 0 Å². The number of aromatic hydroxyl groups is 1. The van der Waals surface area contributed by atoms with Crippen LogP contribution in [0.1, 0.15) is 46.8 Å². The molecule has 1 atom stereocenters. The molecule has 1 heterocycles. The lowest BCUT2D eigenvalue weighted by atomic mass is 9.88. The van der Waals surface area contributed by atoms with Crippen LogP contribution >= 0.6 is 0 Å². The Bertz CT molecular complexity index is 911. The molecule has 0 aliphatic carbocycles. The minimum atomic E-state index is -0.798. The number of aryl methyl sites for hydroxylation is 1. The van der Waals surface area contributed by atoms with E-state index in [1.165, 1.54) is 0 Å². The molecule has 2 aromatic rings. The van der Waals surface area contributed by atoms with Crippen LogP contribution < -0.4 is 9.47 Å². The van der Waals surface area contributed by atoms with Gasteiger partial charge in [-0.1, -0.05) is 12.1 Å². The summed E-state index contributed by atoms with van der Waals surface area (Å²) < 4.78 is 11.1. The third-order valence-electron chi connectivity index (χ3n) is 4.80. The minimum absolute atomic E-state index is 0.137. The van der Waals surface area contributed by atoms with E-state index in [-0.39, 0.29) is 23.7 Å². The van der Waals surface area contributed by atoms with Gasteiger partial charge < -0.3 is 19.7 Å². The molecule has 3 rings (SSSR count). The number of aliphatic hydroxyl groups is 1. The molecule has 0 spiro atoms. The van der Waals surface area contributed by atoms with E-state index in [9.17, 15) is 15.0 Å². The van der Waals surface area contributed by atoms with Crippen LogP contribution in [-0.2, 0) is 0 Å². The SMILES string of the molecule is COc1cc(C(CO)C(=O)c2ccc3c(c2O)C=CC(C)(C)O3)ccc1C. The molecule has 142 valence electrons. The van der Waals surface area contributed by atoms with Crippen molar-refractivity contribution in [2.24, 2.45) is 0 Å². The second-order valence-electron chi connectivity index (χ2n) is 7.24. The Labute approximate surface area is 158 Å². The van der Waals surface area contributed by atoms with Gasteiger partial charge in [0.2, 0.25) is 0 Å². The van der Waals surface area contributed by atoms with E-state index >= 15 is 0 Å². The summed E-state index contributed by atoms with van der Waals surface area (Å²) in [6, 6.07) is 8.60. The molecule has 1 aliphatic rings. The zero-order chi connectivity index (χ0) is 19.8. The van der Waals surface area contributed by atoms with Gasteiger partial charge in [0.15, 0.2) is 5.78 Å². The van der Waals surface area contributed by atoms with Crippen molar-refractivity contribution in [3.8, 4) is 17.2 Å². The molecule has 0 aromatic heterocycles. The van der Waals surface area contributed by atoms with E-state index in [1.807, 2.05) is 32.9 Å². The van der Waals surface area contributed by atoms with Crippen LogP contribution in [0.2, 0.25) is 0 Å². The molecule has 2 N–H and O–H groups in total. The molecule has 5 nitrogen and oxygen atoms in total. The molecule has 1 unspecified atom stereocenters. The van der Waals surface area contributed by atoms with Gasteiger partial charge in [0.05, 0.1) is 30.8 Å². The Morgan fingerprint density at radius 2 is 2.00 bits per heavy atom. The monoisotopic (exact) mass is 368 g/mol. The smallest absolute Gasteiger partial charge is 0.176 e. The number of hydrogen-bond acceptors (Lipinski definition) is 5. The quantitative estimate of drug-likeness (QED) is 0.784. The van der Waals surface area contributed by atoms with Crippen molar-refractivity contribution in [1.82, 2.24) is 0 Å². The van der Waals surface area contributed by atoms with Gasteiger partial charge in [0.1, 0.15) is 22.8 Å². The van der Waals surface area contributed by atoms with Gasteiger partial charge in [-0.05, 0) is 62.2 Å². The number of rotatable bonds is 5. The lowest BCUT2D eigenvalue weighted by Crippen LogP contribution is -2.27. The minimum Gasteiger partial charge on any atom is -0.506 e. The number of aliphatic hydroxyl groups excluding tert-OH is 1. The molecule has 2 aromatic carbocycles. The Morgan fingerprint density at radius 3 is 2.67 bits per heavy atom. The predicted octanol–water partition coefficient (Wildman–Crippen LogP) is 3.85. The number of Topliss-reactive ketones (excluding diaryl/α,β-unsaturated/α-hetero) is 1. The highest BCUT2D eigenvalue weighted by Crippen LogP contribution is 2.40. The number of ether oxygens (including phenoxy) is 2. The number of fused-ring (bicyclic) bond motifs is 1. The Kier molecular flexibility index (Phi) is 4.98. The average molecular weight is 368 g/mol. The van der Waals surface area contributed by atoms with Crippen molar-refractivity contribution >= 4 is 11.9 Å². The van der Waals surface area contributed by atoms with E-state index in [2.05, 4.69) is 0 Å². The lowest BCUT2D eigenvalue weighted by molar-refractivity contribution is 0.0919. The van der Waals surface area contributed by atoms with Crippen LogP contribution in [0, 0.1) is 6.92 Å². The van der Waals surface area contributed by atoms with Gasteiger partial charge in [0.25, 0.3) is 0 Å². The maximum atomic E-state index is 13.1. The van der Waals surface area contributed by atoms with Gasteiger partial charge in [-0.3, -0.25) is 4.79 Å². The standard InChI is InChI=1S/C22H24O5/c1-13-5-6-14(11-19(13)26-4)17(12-23)21(25)16-7-8-18-15(20(16)24)9-10-22(2,3)27-18/h5-11,17,23-24H,12H2,1-4H3.